The van der Waals surface area contributed by atoms with Crippen LogP contribution in [0.15, 0.2) is 0 Å². The first-order chi connectivity index (χ1) is 9.92. The maximum absolute atomic E-state index is 5.99. The lowest BCUT2D eigenvalue weighted by Gasteiger charge is -2.24. The van der Waals surface area contributed by atoms with E-state index in [-0.39, 0.29) is 5.28 Å². The van der Waals surface area contributed by atoms with E-state index in [1.54, 1.807) is 0 Å². The molecule has 6 heteroatoms. The minimum atomic E-state index is 0.183. The van der Waals surface area contributed by atoms with Gasteiger partial charge in [0.05, 0.1) is 6.61 Å². The van der Waals surface area contributed by atoms with Gasteiger partial charge in [0.25, 0.3) is 0 Å². The molecular weight excluding hydrogens is 288 g/mol. The maximum Gasteiger partial charge on any atom is 0.322 e. The van der Waals surface area contributed by atoms with Gasteiger partial charge in [0.15, 0.2) is 0 Å². The molecule has 0 atom stereocenters. The molecule has 0 N–H and O–H groups in total. The van der Waals surface area contributed by atoms with Crippen LogP contribution >= 0.6 is 11.6 Å². The number of rotatable bonds is 9. The molecule has 0 aliphatic carbocycles. The number of aromatic nitrogens is 3. The van der Waals surface area contributed by atoms with Gasteiger partial charge in [-0.05, 0) is 43.2 Å². The van der Waals surface area contributed by atoms with Gasteiger partial charge < -0.3 is 9.64 Å². The molecular formula is C15H27ClN4O. The molecule has 0 fully saturated rings. The smallest absolute Gasteiger partial charge is 0.322 e. The number of ether oxygens (including phenoxy) is 1. The van der Waals surface area contributed by atoms with Gasteiger partial charge in [-0.3, -0.25) is 0 Å². The van der Waals surface area contributed by atoms with Gasteiger partial charge in [0, 0.05) is 13.1 Å². The van der Waals surface area contributed by atoms with Crippen molar-refractivity contribution in [2.75, 3.05) is 24.6 Å². The van der Waals surface area contributed by atoms with Crippen molar-refractivity contribution >= 4 is 17.5 Å². The van der Waals surface area contributed by atoms with Gasteiger partial charge in [0.2, 0.25) is 11.2 Å². The number of hydrogen-bond acceptors (Lipinski definition) is 5. The lowest BCUT2D eigenvalue weighted by atomic mass is 10.1. The quantitative estimate of drug-likeness (QED) is 0.693. The number of halogens is 1. The van der Waals surface area contributed by atoms with E-state index in [2.05, 4.69) is 47.5 Å². The molecule has 0 aliphatic heterocycles. The fraction of sp³-hybridized carbons (Fsp3) is 0.800. The zero-order valence-electron chi connectivity index (χ0n) is 13.8. The summed E-state index contributed by atoms with van der Waals surface area (Å²) in [5.74, 6) is 1.88. The maximum atomic E-state index is 5.99. The molecule has 120 valence electrons. The first kappa shape index (κ1) is 18.0. The molecule has 0 aromatic carbocycles. The van der Waals surface area contributed by atoms with Crippen molar-refractivity contribution in [1.82, 2.24) is 15.0 Å². The Bertz CT molecular complexity index is 414. The van der Waals surface area contributed by atoms with Crippen LogP contribution in [0.1, 0.15) is 47.5 Å². The van der Waals surface area contributed by atoms with E-state index >= 15 is 0 Å². The summed E-state index contributed by atoms with van der Waals surface area (Å²) in [5, 5.41) is 0.183. The summed E-state index contributed by atoms with van der Waals surface area (Å²) < 4.78 is 5.36. The van der Waals surface area contributed by atoms with E-state index in [4.69, 9.17) is 16.3 Å². The Labute approximate surface area is 133 Å². The van der Waals surface area contributed by atoms with E-state index in [0.29, 0.717) is 30.4 Å². The lowest BCUT2D eigenvalue weighted by Crippen LogP contribution is -2.29. The van der Waals surface area contributed by atoms with E-state index in [0.717, 1.165) is 25.9 Å². The topological polar surface area (TPSA) is 51.1 Å². The van der Waals surface area contributed by atoms with Crippen LogP contribution in [-0.4, -0.2) is 34.6 Å². The molecule has 0 saturated carbocycles. The molecule has 1 aromatic rings. The summed E-state index contributed by atoms with van der Waals surface area (Å²) in [4.78, 5) is 14.8. The Morgan fingerprint density at radius 3 is 2.05 bits per heavy atom. The Balaban J connectivity index is 2.88. The van der Waals surface area contributed by atoms with Crippen molar-refractivity contribution in [3.8, 4) is 6.01 Å². The fourth-order valence-corrected chi connectivity index (χ4v) is 1.94. The highest BCUT2D eigenvalue weighted by Gasteiger charge is 2.14. The van der Waals surface area contributed by atoms with Gasteiger partial charge in [0.1, 0.15) is 0 Å². The predicted octanol–water partition coefficient (Wildman–Crippen LogP) is 3.82. The van der Waals surface area contributed by atoms with Crippen molar-refractivity contribution in [1.29, 1.82) is 0 Å². The standard InChI is InChI=1S/C15H27ClN4O/c1-6-21-15-18-13(16)17-14(19-15)20(9-7-11(2)3)10-8-12(4)5/h11-12H,6-10H2,1-5H3. The van der Waals surface area contributed by atoms with Gasteiger partial charge in [-0.2, -0.15) is 15.0 Å². The molecule has 0 aliphatic rings. The van der Waals surface area contributed by atoms with E-state index in [1.165, 1.54) is 0 Å². The molecule has 0 bridgehead atoms. The highest BCUT2D eigenvalue weighted by atomic mass is 35.5. The highest BCUT2D eigenvalue weighted by Crippen LogP contribution is 2.18. The van der Waals surface area contributed by atoms with Crippen molar-refractivity contribution in [3.05, 3.63) is 5.28 Å². The van der Waals surface area contributed by atoms with Crippen LogP contribution in [0, 0.1) is 11.8 Å². The second-order valence-electron chi connectivity index (χ2n) is 5.97. The van der Waals surface area contributed by atoms with Crippen molar-refractivity contribution < 1.29 is 4.74 Å². The first-order valence-electron chi connectivity index (χ1n) is 7.71. The average Bonchev–Trinajstić information content (AvgIpc) is 2.37. The van der Waals surface area contributed by atoms with Gasteiger partial charge in [-0.15, -0.1) is 0 Å². The molecule has 0 radical (unpaired) electrons. The summed E-state index contributed by atoms with van der Waals surface area (Å²) in [5.41, 5.74) is 0. The van der Waals surface area contributed by atoms with Crippen molar-refractivity contribution in [2.24, 2.45) is 11.8 Å². The van der Waals surface area contributed by atoms with Crippen molar-refractivity contribution in [3.63, 3.8) is 0 Å². The summed E-state index contributed by atoms with van der Waals surface area (Å²) in [6.45, 7) is 13.1. The fourth-order valence-electron chi connectivity index (χ4n) is 1.80. The van der Waals surface area contributed by atoms with Gasteiger partial charge in [-0.1, -0.05) is 27.7 Å². The second-order valence-corrected chi connectivity index (χ2v) is 6.31. The van der Waals surface area contributed by atoms with Crippen LogP contribution in [0.2, 0.25) is 5.28 Å². The van der Waals surface area contributed by atoms with E-state index < -0.39 is 0 Å². The summed E-state index contributed by atoms with van der Waals surface area (Å²) >= 11 is 5.99. The Morgan fingerprint density at radius 1 is 1.00 bits per heavy atom. The number of hydrogen-bond donors (Lipinski definition) is 0. The third-order valence-corrected chi connectivity index (χ3v) is 3.25. The van der Waals surface area contributed by atoms with E-state index in [9.17, 15) is 0 Å². The molecule has 0 unspecified atom stereocenters. The number of nitrogens with zero attached hydrogens (tertiary/aromatic N) is 4. The Morgan fingerprint density at radius 2 is 1.57 bits per heavy atom. The minimum absolute atomic E-state index is 0.183. The van der Waals surface area contributed by atoms with Gasteiger partial charge in [-0.25, -0.2) is 0 Å². The molecule has 5 nitrogen and oxygen atoms in total. The molecule has 0 spiro atoms. The highest BCUT2D eigenvalue weighted by molar-refractivity contribution is 6.28. The van der Waals surface area contributed by atoms with Crippen molar-refractivity contribution in [2.45, 2.75) is 47.5 Å². The normalized spacial score (nSPS) is 11.2. The number of anilines is 1. The SMILES string of the molecule is CCOc1nc(Cl)nc(N(CCC(C)C)CCC(C)C)n1. The van der Waals surface area contributed by atoms with E-state index in [1.807, 2.05) is 6.92 Å². The van der Waals surface area contributed by atoms with Crippen LogP contribution in [0.5, 0.6) is 6.01 Å². The molecule has 0 saturated heterocycles. The minimum Gasteiger partial charge on any atom is -0.464 e. The summed E-state index contributed by atoms with van der Waals surface area (Å²) in [7, 11) is 0. The first-order valence-corrected chi connectivity index (χ1v) is 8.09. The summed E-state index contributed by atoms with van der Waals surface area (Å²) in [6.07, 6.45) is 2.18. The monoisotopic (exact) mass is 314 g/mol. The Kier molecular flexibility index (Phi) is 7.72. The van der Waals surface area contributed by atoms with Crippen LogP contribution in [-0.2, 0) is 0 Å². The van der Waals surface area contributed by atoms with Crippen LogP contribution in [0.4, 0.5) is 5.95 Å². The van der Waals surface area contributed by atoms with Gasteiger partial charge >= 0.3 is 6.01 Å². The molecule has 0 amide bonds. The Hall–Kier alpha value is -1.10. The third kappa shape index (κ3) is 6.93. The molecule has 21 heavy (non-hydrogen) atoms. The van der Waals surface area contributed by atoms with Crippen LogP contribution in [0.25, 0.3) is 0 Å². The molecule has 1 aromatic heterocycles. The zero-order valence-corrected chi connectivity index (χ0v) is 14.5. The van der Waals surface area contributed by atoms with Crippen LogP contribution in [0.3, 0.4) is 0 Å². The average molecular weight is 315 g/mol. The lowest BCUT2D eigenvalue weighted by molar-refractivity contribution is 0.311. The molecule has 1 rings (SSSR count). The predicted molar refractivity (Wildman–Crippen MR) is 87.1 cm³/mol. The molecule has 1 heterocycles. The zero-order chi connectivity index (χ0) is 15.8. The largest absolute Gasteiger partial charge is 0.464 e. The summed E-state index contributed by atoms with van der Waals surface area (Å²) in [6, 6.07) is 0.298. The third-order valence-electron chi connectivity index (χ3n) is 3.08. The second kappa shape index (κ2) is 9.03. The van der Waals surface area contributed by atoms with Crippen LogP contribution < -0.4 is 9.64 Å².